The monoisotopic (exact) mass is 1140 g/mol. The normalized spacial score (nSPS) is 16.7. The molecule has 18 heteroatoms. The Morgan fingerprint density at radius 2 is 0.951 bits per heavy atom. The fraction of sp³-hybridized carbons (Fsp3) is 0.406. The van der Waals surface area contributed by atoms with E-state index in [1.54, 1.807) is 84.0 Å². The zero-order valence-corrected chi connectivity index (χ0v) is 47.2. The molecule has 0 unspecified atom stereocenters. The van der Waals surface area contributed by atoms with Gasteiger partial charge in [-0.15, -0.1) is 6.58 Å². The third-order valence-electron chi connectivity index (χ3n) is 14.1. The Bertz CT molecular complexity index is 2920. The van der Waals surface area contributed by atoms with Gasteiger partial charge in [0.05, 0.1) is 66.5 Å². The Morgan fingerprint density at radius 1 is 0.524 bits per heavy atom. The summed E-state index contributed by atoms with van der Waals surface area (Å²) >= 11 is 1.49. The van der Waals surface area contributed by atoms with E-state index in [4.69, 9.17) is 48.0 Å². The summed E-state index contributed by atoms with van der Waals surface area (Å²) in [5.41, 5.74) is 1.22. The summed E-state index contributed by atoms with van der Waals surface area (Å²) in [6.07, 6.45) is 16.7. The van der Waals surface area contributed by atoms with Gasteiger partial charge in [0, 0.05) is 24.3 Å². The number of hydrogen-bond donors (Lipinski definition) is 0. The highest BCUT2D eigenvalue weighted by atomic mass is 32.1. The molecule has 7 rings (SSSR count). The first-order valence-electron chi connectivity index (χ1n) is 28.3. The Hall–Kier alpha value is -8.12. The standard InChI is InChI=1S/C64H73N3O14S/c1-4-7-38-67(64-66-55-18-12-13-19-57(55)82-64)65-44-49-43-54(80-62(72)47-22-20-45(21-23-47)60(70)78-52-32-28-50(29-33-52)74-39-14-8-10-16-41-76-58(68)5-2)36-37-56(49)81-63(73)48-26-24-46(25-27-48)61(71)79-53-34-30-51(31-35-53)75-40-15-9-11-17-42-77-59(69)6-3/h4-6,12-13,18-19,28-37,43-48H,1-3,7-11,14-17,20-27,38-42H2/b65-44+. The molecule has 1 aromatic heterocycles. The number of rotatable bonds is 32. The van der Waals surface area contributed by atoms with Crippen molar-refractivity contribution in [2.24, 2.45) is 28.8 Å². The number of anilines is 1. The Labute approximate surface area is 483 Å². The second kappa shape index (κ2) is 33.0. The summed E-state index contributed by atoms with van der Waals surface area (Å²) in [6, 6.07) is 26.4. The smallest absolute Gasteiger partial charge is 0.330 e. The van der Waals surface area contributed by atoms with Crippen LogP contribution in [0.5, 0.6) is 34.5 Å². The number of fused-ring (bicyclic) bond motifs is 1. The van der Waals surface area contributed by atoms with E-state index in [0.717, 1.165) is 73.7 Å². The van der Waals surface area contributed by atoms with Crippen molar-refractivity contribution in [3.63, 3.8) is 0 Å². The van der Waals surface area contributed by atoms with Crippen LogP contribution in [0.25, 0.3) is 10.2 Å². The van der Waals surface area contributed by atoms with E-state index < -0.39 is 41.6 Å². The molecule has 1 heterocycles. The van der Waals surface area contributed by atoms with Crippen LogP contribution in [0.4, 0.5) is 5.13 Å². The second-order valence-electron chi connectivity index (χ2n) is 20.1. The molecule has 2 saturated carbocycles. The number of ether oxygens (including phenoxy) is 8. The number of thiazole rings is 1. The highest BCUT2D eigenvalue weighted by Crippen LogP contribution is 2.36. The van der Waals surface area contributed by atoms with Crippen molar-refractivity contribution in [2.45, 2.75) is 109 Å². The lowest BCUT2D eigenvalue weighted by atomic mass is 9.82. The van der Waals surface area contributed by atoms with Crippen LogP contribution in [0.1, 0.15) is 115 Å². The molecule has 2 aliphatic carbocycles. The summed E-state index contributed by atoms with van der Waals surface area (Å²) in [5.74, 6) is -1.55. The molecule has 0 bridgehead atoms. The number of nitrogens with zero attached hydrogens (tertiary/aromatic N) is 3. The van der Waals surface area contributed by atoms with Gasteiger partial charge in [-0.05, 0) is 188 Å². The number of benzene rings is 4. The van der Waals surface area contributed by atoms with E-state index >= 15 is 0 Å². The molecule has 434 valence electrons. The minimum absolute atomic E-state index is 0.217. The number of aromatic nitrogens is 1. The van der Waals surface area contributed by atoms with Gasteiger partial charge in [0.2, 0.25) is 5.13 Å². The van der Waals surface area contributed by atoms with Crippen molar-refractivity contribution in [2.75, 3.05) is 38.0 Å². The first kappa shape index (κ1) is 61.5. The van der Waals surface area contributed by atoms with Crippen LogP contribution in [0.3, 0.4) is 0 Å². The maximum atomic E-state index is 13.9. The number of hydrogen-bond acceptors (Lipinski definition) is 18. The van der Waals surface area contributed by atoms with E-state index in [2.05, 4.69) is 19.7 Å². The van der Waals surface area contributed by atoms with Gasteiger partial charge in [0.1, 0.15) is 34.5 Å². The summed E-state index contributed by atoms with van der Waals surface area (Å²) < 4.78 is 46.2. The van der Waals surface area contributed by atoms with Gasteiger partial charge in [-0.3, -0.25) is 19.2 Å². The lowest BCUT2D eigenvalue weighted by Crippen LogP contribution is -2.30. The van der Waals surface area contributed by atoms with Crippen molar-refractivity contribution in [1.82, 2.24) is 4.98 Å². The van der Waals surface area contributed by atoms with Gasteiger partial charge in [-0.25, -0.2) is 19.6 Å². The molecule has 17 nitrogen and oxygen atoms in total. The van der Waals surface area contributed by atoms with E-state index in [9.17, 15) is 28.8 Å². The Morgan fingerprint density at radius 3 is 1.41 bits per heavy atom. The van der Waals surface area contributed by atoms with E-state index in [1.807, 2.05) is 24.3 Å². The van der Waals surface area contributed by atoms with Crippen molar-refractivity contribution in [1.29, 1.82) is 0 Å². The van der Waals surface area contributed by atoms with Crippen LogP contribution in [-0.4, -0.2) is 80.0 Å². The maximum Gasteiger partial charge on any atom is 0.330 e. The van der Waals surface area contributed by atoms with Crippen molar-refractivity contribution >= 4 is 68.7 Å². The predicted molar refractivity (Wildman–Crippen MR) is 312 cm³/mol. The first-order chi connectivity index (χ1) is 40.0. The average molecular weight is 1140 g/mol. The van der Waals surface area contributed by atoms with E-state index in [1.165, 1.54) is 11.3 Å². The highest BCUT2D eigenvalue weighted by molar-refractivity contribution is 7.22. The summed E-state index contributed by atoms with van der Waals surface area (Å²) in [7, 11) is 0. The number of esters is 6. The van der Waals surface area contributed by atoms with Crippen LogP contribution in [-0.2, 0) is 38.2 Å². The van der Waals surface area contributed by atoms with Crippen LogP contribution in [0.15, 0.2) is 134 Å². The van der Waals surface area contributed by atoms with E-state index in [0.29, 0.717) is 124 Å². The molecule has 0 atom stereocenters. The molecule has 0 aliphatic heterocycles. The molecule has 0 spiro atoms. The minimum Gasteiger partial charge on any atom is -0.494 e. The van der Waals surface area contributed by atoms with Crippen LogP contribution >= 0.6 is 11.3 Å². The van der Waals surface area contributed by atoms with Crippen molar-refractivity contribution < 1.29 is 66.7 Å². The summed E-state index contributed by atoms with van der Waals surface area (Å²) in [4.78, 5) is 81.2. The quantitative estimate of drug-likeness (QED) is 0.00747. The maximum absolute atomic E-state index is 13.9. The van der Waals surface area contributed by atoms with Crippen LogP contribution in [0, 0.1) is 23.7 Å². The van der Waals surface area contributed by atoms with Gasteiger partial charge in [0.15, 0.2) is 0 Å². The van der Waals surface area contributed by atoms with Crippen LogP contribution < -0.4 is 33.4 Å². The summed E-state index contributed by atoms with van der Waals surface area (Å²) in [5, 5.41) is 7.24. The fourth-order valence-electron chi connectivity index (χ4n) is 9.39. The molecule has 0 radical (unpaired) electrons. The second-order valence-corrected chi connectivity index (χ2v) is 21.1. The number of unbranched alkanes of at least 4 members (excludes halogenated alkanes) is 6. The predicted octanol–water partition coefficient (Wildman–Crippen LogP) is 12.7. The minimum atomic E-state index is -0.473. The largest absolute Gasteiger partial charge is 0.494 e. The molecule has 0 N–H and O–H groups in total. The molecule has 82 heavy (non-hydrogen) atoms. The third-order valence-corrected chi connectivity index (χ3v) is 15.2. The lowest BCUT2D eigenvalue weighted by molar-refractivity contribution is -0.145. The van der Waals surface area contributed by atoms with Crippen molar-refractivity contribution in [3.05, 3.63) is 135 Å². The number of carbonyl (C=O) groups is 6. The van der Waals surface area contributed by atoms with Gasteiger partial charge in [0.25, 0.3) is 0 Å². The number of para-hydroxylation sites is 1. The zero-order valence-electron chi connectivity index (χ0n) is 46.4. The topological polar surface area (TPSA) is 205 Å². The molecule has 0 saturated heterocycles. The molecule has 5 aromatic rings. The molecular weight excluding hydrogens is 1070 g/mol. The third kappa shape index (κ3) is 19.8. The van der Waals surface area contributed by atoms with Crippen molar-refractivity contribution in [3.8, 4) is 34.5 Å². The lowest BCUT2D eigenvalue weighted by Gasteiger charge is -2.26. The van der Waals surface area contributed by atoms with Gasteiger partial charge >= 0.3 is 35.8 Å². The fourth-order valence-corrected chi connectivity index (χ4v) is 10.3. The molecular formula is C64H73N3O14S. The molecule has 2 aliphatic rings. The average Bonchev–Trinajstić information content (AvgIpc) is 4.12. The Balaban J connectivity index is 0.897. The molecule has 0 amide bonds. The zero-order chi connectivity index (χ0) is 57.9. The van der Waals surface area contributed by atoms with Gasteiger partial charge < -0.3 is 37.9 Å². The number of hydrazone groups is 1. The Kier molecular flexibility index (Phi) is 24.7. The van der Waals surface area contributed by atoms with Gasteiger partial charge in [-0.2, -0.15) is 5.10 Å². The van der Waals surface area contributed by atoms with E-state index in [-0.39, 0.29) is 29.4 Å². The number of carbonyl (C=O) groups excluding carboxylic acids is 6. The SMILES string of the molecule is C=CCCN(/N=C/c1cc(OC(=O)C2CCC(C(=O)Oc3ccc(OCCCCCCOC(=O)C=C)cc3)CC2)ccc1OC(=O)C1CCC(C(=O)Oc2ccc(OCCCCCCOC(=O)C=C)cc2)CC1)c1nc2ccccc2s1. The van der Waals surface area contributed by atoms with Crippen LogP contribution in [0.2, 0.25) is 0 Å². The molecule has 2 fully saturated rings. The summed E-state index contributed by atoms with van der Waals surface area (Å²) in [6.45, 7) is 12.9. The molecule has 4 aromatic carbocycles. The highest BCUT2D eigenvalue weighted by Gasteiger charge is 2.34. The first-order valence-corrected chi connectivity index (χ1v) is 29.1. The van der Waals surface area contributed by atoms with Gasteiger partial charge in [-0.1, -0.05) is 42.7 Å².